The summed E-state index contributed by atoms with van der Waals surface area (Å²) in [7, 11) is 1.72. The van der Waals surface area contributed by atoms with Gasteiger partial charge in [-0.3, -0.25) is 0 Å². The maximum atomic E-state index is 5.04. The molecule has 0 radical (unpaired) electrons. The van der Waals surface area contributed by atoms with E-state index in [0.717, 1.165) is 56.0 Å². The predicted molar refractivity (Wildman–Crippen MR) is 81.5 cm³/mol. The Bertz CT molecular complexity index is 595. The van der Waals surface area contributed by atoms with Crippen LogP contribution in [-0.4, -0.2) is 46.6 Å². The highest BCUT2D eigenvalue weighted by atomic mass is 32.1. The lowest BCUT2D eigenvalue weighted by molar-refractivity contribution is 0.199. The lowest BCUT2D eigenvalue weighted by Gasteiger charge is -2.26. The van der Waals surface area contributed by atoms with Crippen LogP contribution in [0.3, 0.4) is 0 Å². The molecule has 114 valence electrons. The largest absolute Gasteiger partial charge is 0.383 e. The van der Waals surface area contributed by atoms with Crippen LogP contribution in [0.1, 0.15) is 16.4 Å². The van der Waals surface area contributed by atoms with Crippen LogP contribution < -0.4 is 10.2 Å². The van der Waals surface area contributed by atoms with Crippen LogP contribution in [0.5, 0.6) is 0 Å². The summed E-state index contributed by atoms with van der Waals surface area (Å²) in [5.41, 5.74) is 1.10. The molecule has 3 rings (SSSR count). The second-order valence-corrected chi connectivity index (χ2v) is 6.10. The SMILES string of the molecule is COCCNCc1sc(N2CCn3cnnc3C2)nc1C. The molecular formula is C13H20N6OS. The van der Waals surface area contributed by atoms with Crippen molar-refractivity contribution in [1.82, 2.24) is 25.1 Å². The van der Waals surface area contributed by atoms with E-state index in [1.807, 2.05) is 0 Å². The number of rotatable bonds is 6. The van der Waals surface area contributed by atoms with Crippen LogP contribution in [0.2, 0.25) is 0 Å². The molecule has 1 N–H and O–H groups in total. The Hall–Kier alpha value is -1.51. The van der Waals surface area contributed by atoms with Gasteiger partial charge in [0.1, 0.15) is 6.33 Å². The number of fused-ring (bicyclic) bond motifs is 1. The Morgan fingerprint density at radius 1 is 1.43 bits per heavy atom. The topological polar surface area (TPSA) is 68.1 Å². The zero-order valence-electron chi connectivity index (χ0n) is 12.4. The van der Waals surface area contributed by atoms with Gasteiger partial charge in [0, 0.05) is 38.2 Å². The molecule has 0 saturated carbocycles. The quantitative estimate of drug-likeness (QED) is 0.796. The molecule has 0 saturated heterocycles. The summed E-state index contributed by atoms with van der Waals surface area (Å²) >= 11 is 1.76. The molecule has 1 aliphatic heterocycles. The van der Waals surface area contributed by atoms with Crippen molar-refractivity contribution in [3.05, 3.63) is 22.7 Å². The first-order chi connectivity index (χ1) is 10.3. The highest BCUT2D eigenvalue weighted by Crippen LogP contribution is 2.28. The van der Waals surface area contributed by atoms with Gasteiger partial charge in [-0.15, -0.1) is 21.5 Å². The zero-order valence-corrected chi connectivity index (χ0v) is 13.2. The number of anilines is 1. The van der Waals surface area contributed by atoms with Gasteiger partial charge in [-0.2, -0.15) is 0 Å². The Balaban J connectivity index is 1.64. The highest BCUT2D eigenvalue weighted by molar-refractivity contribution is 7.15. The number of aromatic nitrogens is 4. The summed E-state index contributed by atoms with van der Waals surface area (Å²) in [6.45, 7) is 7.15. The Kier molecular flexibility index (Phi) is 4.47. The van der Waals surface area contributed by atoms with Crippen LogP contribution in [0.25, 0.3) is 0 Å². The van der Waals surface area contributed by atoms with Crippen LogP contribution in [0, 0.1) is 6.92 Å². The van der Waals surface area contributed by atoms with Gasteiger partial charge in [-0.1, -0.05) is 0 Å². The summed E-state index contributed by atoms with van der Waals surface area (Å²) < 4.78 is 7.14. The van der Waals surface area contributed by atoms with Gasteiger partial charge in [0.2, 0.25) is 0 Å². The molecule has 0 aliphatic carbocycles. The normalized spacial score (nSPS) is 14.5. The molecule has 0 fully saturated rings. The van der Waals surface area contributed by atoms with Gasteiger partial charge in [-0.25, -0.2) is 4.98 Å². The molecule has 7 nitrogen and oxygen atoms in total. The maximum absolute atomic E-state index is 5.04. The molecule has 0 unspecified atom stereocenters. The van der Waals surface area contributed by atoms with Crippen molar-refractivity contribution in [1.29, 1.82) is 0 Å². The number of thiazole rings is 1. The molecule has 0 bridgehead atoms. The number of nitrogens with zero attached hydrogens (tertiary/aromatic N) is 5. The number of hydrogen-bond acceptors (Lipinski definition) is 7. The van der Waals surface area contributed by atoms with Crippen molar-refractivity contribution in [2.75, 3.05) is 31.7 Å². The fraction of sp³-hybridized carbons (Fsp3) is 0.615. The van der Waals surface area contributed by atoms with E-state index in [4.69, 9.17) is 9.72 Å². The van der Waals surface area contributed by atoms with E-state index >= 15 is 0 Å². The van der Waals surface area contributed by atoms with Crippen molar-refractivity contribution in [2.45, 2.75) is 26.6 Å². The average molecular weight is 308 g/mol. The number of methoxy groups -OCH3 is 1. The summed E-state index contributed by atoms with van der Waals surface area (Å²) in [4.78, 5) is 8.27. The number of aryl methyl sites for hydroxylation is 1. The number of ether oxygens (including phenoxy) is 1. The first-order valence-electron chi connectivity index (χ1n) is 7.05. The summed E-state index contributed by atoms with van der Waals surface area (Å²) in [5, 5.41) is 12.6. The molecule has 0 aromatic carbocycles. The Morgan fingerprint density at radius 2 is 2.33 bits per heavy atom. The van der Waals surface area contributed by atoms with E-state index in [0.29, 0.717) is 0 Å². The molecule has 0 amide bonds. The third kappa shape index (κ3) is 3.22. The summed E-state index contributed by atoms with van der Waals surface area (Å²) in [6, 6.07) is 0. The molecule has 8 heteroatoms. The number of hydrogen-bond donors (Lipinski definition) is 1. The van der Waals surface area contributed by atoms with Crippen molar-refractivity contribution < 1.29 is 4.74 Å². The minimum atomic E-state index is 0.729. The van der Waals surface area contributed by atoms with Gasteiger partial charge in [0.25, 0.3) is 0 Å². The van der Waals surface area contributed by atoms with Gasteiger partial charge >= 0.3 is 0 Å². The smallest absolute Gasteiger partial charge is 0.186 e. The molecule has 21 heavy (non-hydrogen) atoms. The lowest BCUT2D eigenvalue weighted by Crippen LogP contribution is -2.33. The Morgan fingerprint density at radius 3 is 3.19 bits per heavy atom. The van der Waals surface area contributed by atoms with Crippen LogP contribution in [-0.2, 0) is 24.4 Å². The van der Waals surface area contributed by atoms with E-state index in [-0.39, 0.29) is 0 Å². The van der Waals surface area contributed by atoms with E-state index < -0.39 is 0 Å². The van der Waals surface area contributed by atoms with E-state index in [2.05, 4.69) is 31.9 Å². The predicted octanol–water partition coefficient (Wildman–Crippen LogP) is 0.799. The standard InChI is InChI=1S/C13H20N6OS/c1-10-11(7-14-3-6-20-2)21-13(16-10)18-4-5-19-9-15-17-12(19)8-18/h9,14H,3-8H2,1-2H3. The fourth-order valence-electron chi connectivity index (χ4n) is 2.32. The third-order valence-corrected chi connectivity index (χ3v) is 4.78. The first-order valence-corrected chi connectivity index (χ1v) is 7.87. The third-order valence-electron chi connectivity index (χ3n) is 3.56. The van der Waals surface area contributed by atoms with E-state index in [1.54, 1.807) is 24.8 Å². The molecular weight excluding hydrogens is 288 g/mol. The highest BCUT2D eigenvalue weighted by Gasteiger charge is 2.21. The molecule has 2 aromatic rings. The van der Waals surface area contributed by atoms with Gasteiger partial charge in [-0.05, 0) is 6.92 Å². The molecule has 1 aliphatic rings. The second-order valence-electron chi connectivity index (χ2n) is 5.04. The fourth-order valence-corrected chi connectivity index (χ4v) is 3.37. The second kappa shape index (κ2) is 6.50. The summed E-state index contributed by atoms with van der Waals surface area (Å²) in [5.74, 6) is 1.01. The van der Waals surface area contributed by atoms with Gasteiger partial charge in [0.05, 0.1) is 18.8 Å². The zero-order chi connectivity index (χ0) is 14.7. The van der Waals surface area contributed by atoms with Crippen molar-refractivity contribution in [3.8, 4) is 0 Å². The van der Waals surface area contributed by atoms with Crippen molar-refractivity contribution in [2.24, 2.45) is 0 Å². The van der Waals surface area contributed by atoms with Gasteiger partial charge < -0.3 is 19.5 Å². The molecule has 3 heterocycles. The van der Waals surface area contributed by atoms with Crippen LogP contribution >= 0.6 is 11.3 Å². The van der Waals surface area contributed by atoms with Crippen LogP contribution in [0.4, 0.5) is 5.13 Å². The number of nitrogens with one attached hydrogen (secondary N) is 1. The van der Waals surface area contributed by atoms with Crippen molar-refractivity contribution >= 4 is 16.5 Å². The average Bonchev–Trinajstić information content (AvgIpc) is 3.09. The Labute approximate surface area is 128 Å². The van der Waals surface area contributed by atoms with Crippen molar-refractivity contribution in [3.63, 3.8) is 0 Å². The van der Waals surface area contributed by atoms with E-state index in [1.165, 1.54) is 4.88 Å². The monoisotopic (exact) mass is 308 g/mol. The molecule has 0 spiro atoms. The minimum Gasteiger partial charge on any atom is -0.383 e. The maximum Gasteiger partial charge on any atom is 0.186 e. The minimum absolute atomic E-state index is 0.729. The lowest BCUT2D eigenvalue weighted by atomic mass is 10.4. The molecule has 2 aromatic heterocycles. The van der Waals surface area contributed by atoms with E-state index in [9.17, 15) is 0 Å². The first kappa shape index (κ1) is 14.4. The molecule has 0 atom stereocenters. The summed E-state index contributed by atoms with van der Waals surface area (Å²) in [6.07, 6.45) is 1.80. The van der Waals surface area contributed by atoms with Crippen LogP contribution in [0.15, 0.2) is 6.33 Å². The van der Waals surface area contributed by atoms with Gasteiger partial charge in [0.15, 0.2) is 11.0 Å².